The van der Waals surface area contributed by atoms with Crippen LogP contribution in [0, 0.1) is 50.7 Å². The highest BCUT2D eigenvalue weighted by Crippen LogP contribution is 2.72. The maximum absolute atomic E-state index is 11.7. The molecule has 5 aliphatic carbocycles. The quantitative estimate of drug-likeness (QED) is 0.431. The van der Waals surface area contributed by atoms with Crippen LogP contribution in [0.5, 0.6) is 0 Å². The zero-order valence-corrected chi connectivity index (χ0v) is 22.0. The van der Waals surface area contributed by atoms with E-state index in [-0.39, 0.29) is 45.7 Å². The monoisotopic (exact) mass is 456 g/mol. The van der Waals surface area contributed by atoms with Gasteiger partial charge in [-0.1, -0.05) is 65.3 Å². The predicted octanol–water partition coefficient (Wildman–Crippen LogP) is 5.89. The van der Waals surface area contributed by atoms with Crippen LogP contribution in [0.2, 0.25) is 0 Å². The Morgan fingerprint density at radius 2 is 1.64 bits per heavy atom. The molecule has 0 aromatic heterocycles. The molecule has 0 aromatic carbocycles. The minimum absolute atomic E-state index is 0.0119. The van der Waals surface area contributed by atoms with E-state index in [1.54, 1.807) is 0 Å². The third-order valence-electron chi connectivity index (χ3n) is 12.5. The molecular weight excluding hydrogens is 408 g/mol. The maximum Gasteiger partial charge on any atom is 0.0794 e. The van der Waals surface area contributed by atoms with Crippen LogP contribution in [0.3, 0.4) is 0 Å². The van der Waals surface area contributed by atoms with Gasteiger partial charge in [0.2, 0.25) is 0 Å². The minimum atomic E-state index is -0.523. The number of hydrogen-bond acceptors (Lipinski definition) is 3. The zero-order valence-electron chi connectivity index (χ0n) is 22.0. The number of aliphatic hydroxyl groups is 3. The highest BCUT2D eigenvalue weighted by Gasteiger charge is 2.65. The van der Waals surface area contributed by atoms with Gasteiger partial charge in [0.1, 0.15) is 0 Å². The van der Waals surface area contributed by atoms with Crippen LogP contribution in [0.25, 0.3) is 0 Å². The molecule has 9 atom stereocenters. The van der Waals surface area contributed by atoms with Crippen molar-refractivity contribution in [3.63, 3.8) is 0 Å². The summed E-state index contributed by atoms with van der Waals surface area (Å²) in [6.45, 7) is 19.1. The number of allylic oxidation sites excluding steroid dienone is 1. The van der Waals surface area contributed by atoms with Crippen LogP contribution in [0.1, 0.15) is 92.9 Å². The van der Waals surface area contributed by atoms with E-state index in [0.29, 0.717) is 17.8 Å². The van der Waals surface area contributed by atoms with Gasteiger partial charge in [-0.3, -0.25) is 0 Å². The Labute approximate surface area is 201 Å². The summed E-state index contributed by atoms with van der Waals surface area (Å²) >= 11 is 0. The van der Waals surface area contributed by atoms with Gasteiger partial charge in [0.05, 0.1) is 12.2 Å². The lowest BCUT2D eigenvalue weighted by Gasteiger charge is -2.65. The molecule has 0 heterocycles. The van der Waals surface area contributed by atoms with E-state index < -0.39 is 6.10 Å². The molecule has 5 rings (SSSR count). The Hall–Kier alpha value is -0.640. The van der Waals surface area contributed by atoms with Crippen molar-refractivity contribution < 1.29 is 15.3 Å². The number of rotatable bonds is 1. The van der Waals surface area contributed by atoms with E-state index in [0.717, 1.165) is 44.9 Å². The van der Waals surface area contributed by atoms with Gasteiger partial charge in [-0.05, 0) is 90.8 Å². The fourth-order valence-electron chi connectivity index (χ4n) is 9.79. The molecule has 0 unspecified atom stereocenters. The number of fused-ring (bicyclic) bond motifs is 6. The SMILES string of the molecule is C=C1[C@H]2C[C@H](O)C(C)(C)[C@@H]2CC[C@]2(C)[C@@H]1[C@H](O)C=C1[C@@H]3CC(C)(C)CC[C@]3(CO)CC[C@]12C. The molecule has 0 bridgehead atoms. The molecule has 0 amide bonds. The molecule has 5 aliphatic rings. The molecule has 3 nitrogen and oxygen atoms in total. The van der Waals surface area contributed by atoms with E-state index in [9.17, 15) is 15.3 Å². The second kappa shape index (κ2) is 7.20. The van der Waals surface area contributed by atoms with Crippen LogP contribution in [0.15, 0.2) is 23.8 Å². The van der Waals surface area contributed by atoms with Gasteiger partial charge in [-0.15, -0.1) is 0 Å². The highest BCUT2D eigenvalue weighted by atomic mass is 16.3. The minimum Gasteiger partial charge on any atom is -0.396 e. The summed E-state index contributed by atoms with van der Waals surface area (Å²) in [6.07, 6.45) is 9.90. The average molecular weight is 457 g/mol. The third-order valence-corrected chi connectivity index (χ3v) is 12.5. The molecule has 3 heteroatoms. The molecule has 0 spiro atoms. The van der Waals surface area contributed by atoms with Gasteiger partial charge in [-0.2, -0.15) is 0 Å². The standard InChI is InChI=1S/C30H48O3/c1-18-19-14-24(33)27(4,5)20(19)8-9-29(7)25(18)23(32)15-21-22-16-26(2,3)10-12-30(22,17-31)13-11-28(21,29)6/h15,19-20,22-25,31-33H,1,8-14,16-17H2,2-7H3/t19-,20-,22+,23-,24+,25+,28-,29-,30-/m1/s1. The molecule has 4 fully saturated rings. The maximum atomic E-state index is 11.7. The van der Waals surface area contributed by atoms with Gasteiger partial charge >= 0.3 is 0 Å². The average Bonchev–Trinajstić information content (AvgIpc) is 2.88. The third kappa shape index (κ3) is 3.04. The van der Waals surface area contributed by atoms with Crippen LogP contribution in [-0.4, -0.2) is 34.1 Å². The summed E-state index contributed by atoms with van der Waals surface area (Å²) in [7, 11) is 0. The summed E-state index contributed by atoms with van der Waals surface area (Å²) < 4.78 is 0. The van der Waals surface area contributed by atoms with Gasteiger partial charge in [0.15, 0.2) is 0 Å². The van der Waals surface area contributed by atoms with Crippen molar-refractivity contribution >= 4 is 0 Å². The fourth-order valence-corrected chi connectivity index (χ4v) is 9.79. The van der Waals surface area contributed by atoms with E-state index >= 15 is 0 Å². The van der Waals surface area contributed by atoms with Gasteiger partial charge in [0, 0.05) is 17.9 Å². The molecule has 4 saturated carbocycles. The van der Waals surface area contributed by atoms with Crippen molar-refractivity contribution in [3.05, 3.63) is 23.8 Å². The van der Waals surface area contributed by atoms with Crippen LogP contribution in [0.4, 0.5) is 0 Å². The summed E-state index contributed by atoms with van der Waals surface area (Å²) in [5, 5.41) is 33.2. The van der Waals surface area contributed by atoms with E-state index in [1.165, 1.54) is 17.6 Å². The Balaban J connectivity index is 1.60. The largest absolute Gasteiger partial charge is 0.396 e. The van der Waals surface area contributed by atoms with Crippen molar-refractivity contribution in [1.29, 1.82) is 0 Å². The second-order valence-corrected chi connectivity index (χ2v) is 14.7. The summed E-state index contributed by atoms with van der Waals surface area (Å²) in [6, 6.07) is 0. The normalized spacial score (nSPS) is 52.6. The summed E-state index contributed by atoms with van der Waals surface area (Å²) in [5.41, 5.74) is 2.74. The molecule has 3 N–H and O–H groups in total. The van der Waals surface area contributed by atoms with Gasteiger partial charge in [0.25, 0.3) is 0 Å². The van der Waals surface area contributed by atoms with Gasteiger partial charge in [-0.25, -0.2) is 0 Å². The number of hydrogen-bond donors (Lipinski definition) is 3. The molecule has 186 valence electrons. The molecule has 0 aliphatic heterocycles. The lowest BCUT2D eigenvalue weighted by atomic mass is 9.39. The molecular formula is C30H48O3. The first-order chi connectivity index (χ1) is 15.2. The van der Waals surface area contributed by atoms with Crippen LogP contribution in [-0.2, 0) is 0 Å². The lowest BCUT2D eigenvalue weighted by Crippen LogP contribution is -2.59. The highest BCUT2D eigenvalue weighted by molar-refractivity contribution is 5.38. The van der Waals surface area contributed by atoms with Crippen LogP contribution >= 0.6 is 0 Å². The predicted molar refractivity (Wildman–Crippen MR) is 133 cm³/mol. The van der Waals surface area contributed by atoms with Crippen molar-refractivity contribution in [2.75, 3.05) is 6.61 Å². The van der Waals surface area contributed by atoms with Crippen molar-refractivity contribution in [1.82, 2.24) is 0 Å². The first-order valence-corrected chi connectivity index (χ1v) is 13.6. The van der Waals surface area contributed by atoms with E-state index in [4.69, 9.17) is 0 Å². The first kappa shape index (κ1) is 24.1. The Bertz CT molecular complexity index is 870. The molecule has 0 radical (unpaired) electrons. The lowest BCUT2D eigenvalue weighted by molar-refractivity contribution is -0.106. The molecule has 0 aromatic rings. The topological polar surface area (TPSA) is 60.7 Å². The van der Waals surface area contributed by atoms with Gasteiger partial charge < -0.3 is 15.3 Å². The molecule has 33 heavy (non-hydrogen) atoms. The summed E-state index contributed by atoms with van der Waals surface area (Å²) in [5.74, 6) is 1.12. The smallest absolute Gasteiger partial charge is 0.0794 e. The fraction of sp³-hybridized carbons (Fsp3) is 0.867. The zero-order chi connectivity index (χ0) is 24.2. The van der Waals surface area contributed by atoms with Crippen molar-refractivity contribution in [3.8, 4) is 0 Å². The Morgan fingerprint density at radius 1 is 0.970 bits per heavy atom. The Morgan fingerprint density at radius 3 is 2.30 bits per heavy atom. The van der Waals surface area contributed by atoms with E-state index in [1.807, 2.05) is 0 Å². The van der Waals surface area contributed by atoms with E-state index in [2.05, 4.69) is 54.2 Å². The number of aliphatic hydroxyl groups excluding tert-OH is 3. The molecule has 0 saturated heterocycles. The first-order valence-electron chi connectivity index (χ1n) is 13.6. The second-order valence-electron chi connectivity index (χ2n) is 14.7. The Kier molecular flexibility index (Phi) is 5.25. The van der Waals surface area contributed by atoms with Crippen molar-refractivity contribution in [2.24, 2.45) is 50.7 Å². The van der Waals surface area contributed by atoms with Crippen molar-refractivity contribution in [2.45, 2.75) is 105 Å². The summed E-state index contributed by atoms with van der Waals surface area (Å²) in [4.78, 5) is 0. The van der Waals surface area contributed by atoms with Crippen LogP contribution < -0.4 is 0 Å².